The molecule has 2 rings (SSSR count). The summed E-state index contributed by atoms with van der Waals surface area (Å²) < 4.78 is 5.55. The molecule has 0 fully saturated rings. The predicted molar refractivity (Wildman–Crippen MR) is 67.5 cm³/mol. The maximum absolute atomic E-state index is 8.72. The van der Waals surface area contributed by atoms with E-state index >= 15 is 0 Å². The molecular formula is C14H16N2O. The monoisotopic (exact) mass is 228 g/mol. The molecule has 1 aromatic carbocycles. The zero-order chi connectivity index (χ0) is 12.3. The molecule has 1 heterocycles. The van der Waals surface area contributed by atoms with E-state index in [2.05, 4.69) is 17.0 Å². The zero-order valence-corrected chi connectivity index (χ0v) is 10.2. The number of rotatable bonds is 4. The van der Waals surface area contributed by atoms with Gasteiger partial charge < -0.3 is 9.32 Å². The molecule has 1 unspecified atom stereocenters. The molecule has 17 heavy (non-hydrogen) atoms. The quantitative estimate of drug-likeness (QED) is 0.805. The average molecular weight is 228 g/mol. The van der Waals surface area contributed by atoms with Crippen LogP contribution >= 0.6 is 0 Å². The smallest absolute Gasteiger partial charge is 0.134 e. The van der Waals surface area contributed by atoms with Crippen molar-refractivity contribution in [1.82, 2.24) is 4.90 Å². The van der Waals surface area contributed by atoms with Crippen molar-refractivity contribution in [3.63, 3.8) is 0 Å². The van der Waals surface area contributed by atoms with Crippen molar-refractivity contribution in [2.24, 2.45) is 0 Å². The fraction of sp³-hybridized carbons (Fsp3) is 0.357. The molecule has 88 valence electrons. The SMILES string of the molecule is CN(C)C(CCC#N)c1coc2ccccc12. The Balaban J connectivity index is 2.39. The third kappa shape index (κ3) is 2.32. The number of hydrogen-bond donors (Lipinski definition) is 0. The molecule has 0 aliphatic carbocycles. The third-order valence-electron chi connectivity index (χ3n) is 3.02. The Hall–Kier alpha value is -1.79. The highest BCUT2D eigenvalue weighted by atomic mass is 16.3. The van der Waals surface area contributed by atoms with Crippen molar-refractivity contribution in [2.75, 3.05) is 14.1 Å². The lowest BCUT2D eigenvalue weighted by Gasteiger charge is -2.22. The summed E-state index contributed by atoms with van der Waals surface area (Å²) in [5, 5.41) is 9.86. The maximum atomic E-state index is 8.72. The molecule has 0 aliphatic heterocycles. The minimum atomic E-state index is 0.235. The van der Waals surface area contributed by atoms with Crippen LogP contribution in [0.5, 0.6) is 0 Å². The molecule has 3 nitrogen and oxygen atoms in total. The van der Waals surface area contributed by atoms with Gasteiger partial charge in [0.2, 0.25) is 0 Å². The van der Waals surface area contributed by atoms with Gasteiger partial charge in [0.1, 0.15) is 5.58 Å². The van der Waals surface area contributed by atoms with Crippen LogP contribution in [0.15, 0.2) is 34.9 Å². The summed E-state index contributed by atoms with van der Waals surface area (Å²) in [7, 11) is 4.06. The summed E-state index contributed by atoms with van der Waals surface area (Å²) in [6, 6.07) is 10.5. The molecule has 0 bridgehead atoms. The highest BCUT2D eigenvalue weighted by molar-refractivity contribution is 5.81. The molecule has 0 spiro atoms. The van der Waals surface area contributed by atoms with Crippen LogP contribution in [0.25, 0.3) is 11.0 Å². The normalized spacial score (nSPS) is 12.8. The Morgan fingerprint density at radius 3 is 2.82 bits per heavy atom. The second-order valence-electron chi connectivity index (χ2n) is 4.36. The highest BCUT2D eigenvalue weighted by Gasteiger charge is 2.18. The summed E-state index contributed by atoms with van der Waals surface area (Å²) in [6.07, 6.45) is 3.20. The molecule has 0 saturated carbocycles. The Morgan fingerprint density at radius 1 is 1.35 bits per heavy atom. The first-order chi connectivity index (χ1) is 8.24. The van der Waals surface area contributed by atoms with Gasteiger partial charge >= 0.3 is 0 Å². The summed E-state index contributed by atoms with van der Waals surface area (Å²) in [6.45, 7) is 0. The van der Waals surface area contributed by atoms with E-state index < -0.39 is 0 Å². The lowest BCUT2D eigenvalue weighted by molar-refractivity contribution is 0.286. The number of benzene rings is 1. The molecule has 2 aromatic rings. The van der Waals surface area contributed by atoms with E-state index in [-0.39, 0.29) is 6.04 Å². The maximum Gasteiger partial charge on any atom is 0.134 e. The standard InChI is InChI=1S/C14H16N2O/c1-16(2)13(7-5-9-15)12-10-17-14-8-4-3-6-11(12)14/h3-4,6,8,10,13H,5,7H2,1-2H3. The van der Waals surface area contributed by atoms with Gasteiger partial charge in [-0.3, -0.25) is 0 Å². The Kier molecular flexibility index (Phi) is 3.46. The molecule has 0 N–H and O–H groups in total. The van der Waals surface area contributed by atoms with E-state index in [4.69, 9.17) is 9.68 Å². The minimum Gasteiger partial charge on any atom is -0.464 e. The van der Waals surface area contributed by atoms with Crippen LogP contribution in [-0.4, -0.2) is 19.0 Å². The van der Waals surface area contributed by atoms with Gasteiger partial charge in [-0.2, -0.15) is 5.26 Å². The van der Waals surface area contributed by atoms with Crippen LogP contribution in [0.3, 0.4) is 0 Å². The Bertz CT molecular complexity index is 536. The minimum absolute atomic E-state index is 0.235. The topological polar surface area (TPSA) is 40.2 Å². The van der Waals surface area contributed by atoms with Crippen LogP contribution in [0.2, 0.25) is 0 Å². The van der Waals surface area contributed by atoms with Crippen LogP contribution in [0.4, 0.5) is 0 Å². The highest BCUT2D eigenvalue weighted by Crippen LogP contribution is 2.31. The summed E-state index contributed by atoms with van der Waals surface area (Å²) in [4.78, 5) is 2.13. The van der Waals surface area contributed by atoms with E-state index in [9.17, 15) is 0 Å². The summed E-state index contributed by atoms with van der Waals surface area (Å²) >= 11 is 0. The van der Waals surface area contributed by atoms with E-state index in [0.717, 1.165) is 17.4 Å². The average Bonchev–Trinajstić information content (AvgIpc) is 2.73. The van der Waals surface area contributed by atoms with Gasteiger partial charge in [-0.15, -0.1) is 0 Å². The molecule has 0 amide bonds. The first-order valence-corrected chi connectivity index (χ1v) is 5.73. The van der Waals surface area contributed by atoms with Gasteiger partial charge in [-0.1, -0.05) is 18.2 Å². The van der Waals surface area contributed by atoms with Crippen LogP contribution in [-0.2, 0) is 0 Å². The second-order valence-corrected chi connectivity index (χ2v) is 4.36. The third-order valence-corrected chi connectivity index (χ3v) is 3.02. The lowest BCUT2D eigenvalue weighted by Crippen LogP contribution is -2.19. The fourth-order valence-corrected chi connectivity index (χ4v) is 2.15. The van der Waals surface area contributed by atoms with E-state index in [0.29, 0.717) is 6.42 Å². The van der Waals surface area contributed by atoms with Crippen molar-refractivity contribution in [2.45, 2.75) is 18.9 Å². The number of nitriles is 1. The molecule has 1 atom stereocenters. The molecular weight excluding hydrogens is 212 g/mol. The Morgan fingerprint density at radius 2 is 2.12 bits per heavy atom. The molecule has 3 heteroatoms. The summed E-state index contributed by atoms with van der Waals surface area (Å²) in [5.74, 6) is 0. The summed E-state index contributed by atoms with van der Waals surface area (Å²) in [5.41, 5.74) is 2.08. The van der Waals surface area contributed by atoms with Crippen LogP contribution in [0, 0.1) is 11.3 Å². The Labute approximate surface area is 101 Å². The zero-order valence-electron chi connectivity index (χ0n) is 10.2. The fourth-order valence-electron chi connectivity index (χ4n) is 2.15. The lowest BCUT2D eigenvalue weighted by atomic mass is 10.0. The van der Waals surface area contributed by atoms with E-state index in [1.165, 1.54) is 5.56 Å². The number of furan rings is 1. The van der Waals surface area contributed by atoms with Gasteiger partial charge in [0, 0.05) is 23.4 Å². The van der Waals surface area contributed by atoms with Crippen molar-refractivity contribution in [1.29, 1.82) is 5.26 Å². The first-order valence-electron chi connectivity index (χ1n) is 5.73. The molecule has 0 radical (unpaired) electrons. The molecule has 1 aromatic heterocycles. The second kappa shape index (κ2) is 5.03. The van der Waals surface area contributed by atoms with Gasteiger partial charge in [0.25, 0.3) is 0 Å². The number of nitrogens with zero attached hydrogens (tertiary/aromatic N) is 2. The number of fused-ring (bicyclic) bond motifs is 1. The van der Waals surface area contributed by atoms with E-state index in [1.54, 1.807) is 0 Å². The van der Waals surface area contributed by atoms with Crippen molar-refractivity contribution >= 4 is 11.0 Å². The van der Waals surface area contributed by atoms with Crippen LogP contribution < -0.4 is 0 Å². The van der Waals surface area contributed by atoms with Crippen molar-refractivity contribution in [3.05, 3.63) is 36.1 Å². The van der Waals surface area contributed by atoms with Crippen LogP contribution in [0.1, 0.15) is 24.4 Å². The van der Waals surface area contributed by atoms with Gasteiger partial charge in [-0.25, -0.2) is 0 Å². The number of para-hydroxylation sites is 1. The van der Waals surface area contributed by atoms with Gasteiger partial charge in [0.05, 0.1) is 12.3 Å². The van der Waals surface area contributed by atoms with Gasteiger partial charge in [-0.05, 0) is 26.6 Å². The molecule has 0 saturated heterocycles. The largest absolute Gasteiger partial charge is 0.464 e. The predicted octanol–water partition coefficient (Wildman–Crippen LogP) is 3.34. The first kappa shape index (κ1) is 11.7. The van der Waals surface area contributed by atoms with Crippen molar-refractivity contribution in [3.8, 4) is 6.07 Å². The van der Waals surface area contributed by atoms with Gasteiger partial charge in [0.15, 0.2) is 0 Å². The van der Waals surface area contributed by atoms with Crippen molar-refractivity contribution < 1.29 is 4.42 Å². The van der Waals surface area contributed by atoms with E-state index in [1.807, 2.05) is 38.6 Å². The number of hydrogen-bond acceptors (Lipinski definition) is 3. The molecule has 0 aliphatic rings.